The molecule has 2 rings (SSSR count). The van der Waals surface area contributed by atoms with E-state index < -0.39 is 0 Å². The van der Waals surface area contributed by atoms with Crippen LogP contribution in [0, 0.1) is 5.82 Å². The molecule has 98 valence electrons. The molecule has 2 N–H and O–H groups in total. The first kappa shape index (κ1) is 13.5. The number of anilines is 1. The third kappa shape index (κ3) is 3.29. The number of hydrogen-bond acceptors (Lipinski definition) is 2. The maximum absolute atomic E-state index is 13.2. The molecule has 0 bridgehead atoms. The second-order valence-corrected chi connectivity index (χ2v) is 4.80. The van der Waals surface area contributed by atoms with Crippen molar-refractivity contribution >= 4 is 22.9 Å². The number of halogens is 1. The maximum Gasteiger partial charge on any atom is 0.125 e. The highest BCUT2D eigenvalue weighted by molar-refractivity contribution is 7.80. The van der Waals surface area contributed by atoms with E-state index in [1.807, 2.05) is 42.3 Å². The predicted octanol–water partition coefficient (Wildman–Crippen LogP) is 3.10. The lowest BCUT2D eigenvalue weighted by Gasteiger charge is -2.21. The van der Waals surface area contributed by atoms with Crippen LogP contribution >= 0.6 is 12.2 Å². The van der Waals surface area contributed by atoms with E-state index in [4.69, 9.17) is 18.0 Å². The Balaban J connectivity index is 2.24. The van der Waals surface area contributed by atoms with Crippen molar-refractivity contribution in [1.82, 2.24) is 0 Å². The first-order valence-corrected chi connectivity index (χ1v) is 6.33. The molecule has 2 nitrogen and oxygen atoms in total. The van der Waals surface area contributed by atoms with E-state index in [9.17, 15) is 4.39 Å². The van der Waals surface area contributed by atoms with Crippen molar-refractivity contribution in [3.63, 3.8) is 0 Å². The number of nitrogens with two attached hydrogens (primary N) is 1. The molecule has 4 heteroatoms. The number of hydrogen-bond donors (Lipinski definition) is 1. The van der Waals surface area contributed by atoms with Gasteiger partial charge in [-0.15, -0.1) is 0 Å². The summed E-state index contributed by atoms with van der Waals surface area (Å²) in [4.78, 5) is 2.34. The van der Waals surface area contributed by atoms with Gasteiger partial charge in [-0.3, -0.25) is 0 Å². The van der Waals surface area contributed by atoms with Crippen LogP contribution in [-0.2, 0) is 6.54 Å². The molecule has 0 aromatic heterocycles. The van der Waals surface area contributed by atoms with Crippen LogP contribution in [0.1, 0.15) is 11.1 Å². The Morgan fingerprint density at radius 2 is 1.95 bits per heavy atom. The summed E-state index contributed by atoms with van der Waals surface area (Å²) in [5.41, 5.74) is 8.41. The van der Waals surface area contributed by atoms with E-state index in [2.05, 4.69) is 0 Å². The summed E-state index contributed by atoms with van der Waals surface area (Å²) in [6, 6.07) is 14.2. The monoisotopic (exact) mass is 274 g/mol. The second-order valence-electron chi connectivity index (χ2n) is 4.36. The van der Waals surface area contributed by atoms with Crippen LogP contribution in [0.4, 0.5) is 10.1 Å². The summed E-state index contributed by atoms with van der Waals surface area (Å²) in [5.74, 6) is -0.244. The first-order valence-electron chi connectivity index (χ1n) is 5.92. The molecule has 0 aliphatic carbocycles. The average Bonchev–Trinajstić information content (AvgIpc) is 2.39. The Hall–Kier alpha value is -1.94. The van der Waals surface area contributed by atoms with Crippen LogP contribution in [0.5, 0.6) is 0 Å². The first-order chi connectivity index (χ1) is 9.08. The lowest BCUT2D eigenvalue weighted by Crippen LogP contribution is -2.20. The molecule has 0 heterocycles. The summed E-state index contributed by atoms with van der Waals surface area (Å²) in [7, 11) is 1.91. The number of thiocarbonyl (C=S) groups is 1. The second kappa shape index (κ2) is 5.80. The van der Waals surface area contributed by atoms with Crippen LogP contribution in [0.3, 0.4) is 0 Å². The van der Waals surface area contributed by atoms with Crippen LogP contribution in [0.15, 0.2) is 48.5 Å². The van der Waals surface area contributed by atoms with Gasteiger partial charge in [0.05, 0.1) is 0 Å². The van der Waals surface area contributed by atoms with Crippen LogP contribution in [0.2, 0.25) is 0 Å². The Morgan fingerprint density at radius 1 is 1.21 bits per heavy atom. The molecule has 2 aromatic rings. The molecule has 0 aliphatic heterocycles. The van der Waals surface area contributed by atoms with Gasteiger partial charge >= 0.3 is 0 Å². The van der Waals surface area contributed by atoms with Gasteiger partial charge in [0.25, 0.3) is 0 Å². The molecule has 0 fully saturated rings. The zero-order chi connectivity index (χ0) is 13.8. The van der Waals surface area contributed by atoms with Gasteiger partial charge in [-0.25, -0.2) is 4.39 Å². The van der Waals surface area contributed by atoms with Gasteiger partial charge in [-0.1, -0.05) is 42.5 Å². The van der Waals surface area contributed by atoms with Crippen LogP contribution in [0.25, 0.3) is 0 Å². The fourth-order valence-electron chi connectivity index (χ4n) is 1.96. The van der Waals surface area contributed by atoms with Gasteiger partial charge < -0.3 is 10.6 Å². The third-order valence-electron chi connectivity index (χ3n) is 2.94. The number of benzene rings is 2. The van der Waals surface area contributed by atoms with Crippen molar-refractivity contribution in [3.05, 3.63) is 65.5 Å². The van der Waals surface area contributed by atoms with Gasteiger partial charge in [0.2, 0.25) is 0 Å². The third-order valence-corrected chi connectivity index (χ3v) is 3.16. The van der Waals surface area contributed by atoms with Crippen molar-refractivity contribution in [2.24, 2.45) is 5.73 Å². The van der Waals surface area contributed by atoms with E-state index >= 15 is 0 Å². The highest BCUT2D eigenvalue weighted by Gasteiger charge is 2.08. The van der Waals surface area contributed by atoms with E-state index in [-0.39, 0.29) is 5.82 Å². The average molecular weight is 274 g/mol. The molecule has 0 saturated heterocycles. The normalized spacial score (nSPS) is 10.2. The molecule has 0 aliphatic rings. The molecule has 0 spiro atoms. The number of nitrogens with zero attached hydrogens (tertiary/aromatic N) is 1. The van der Waals surface area contributed by atoms with E-state index in [1.54, 1.807) is 6.07 Å². The zero-order valence-corrected chi connectivity index (χ0v) is 11.5. The fraction of sp³-hybridized carbons (Fsp3) is 0.133. The molecule has 2 aromatic carbocycles. The lowest BCUT2D eigenvalue weighted by molar-refractivity contribution is 0.627. The minimum atomic E-state index is -0.244. The highest BCUT2D eigenvalue weighted by atomic mass is 32.1. The topological polar surface area (TPSA) is 29.3 Å². The largest absolute Gasteiger partial charge is 0.389 e. The van der Waals surface area contributed by atoms with Gasteiger partial charge in [-0.05, 0) is 23.8 Å². The fourth-order valence-corrected chi connectivity index (χ4v) is 2.16. The minimum absolute atomic E-state index is 0.244. The maximum atomic E-state index is 13.2. The summed E-state index contributed by atoms with van der Waals surface area (Å²) in [5, 5.41) is 0. The smallest absolute Gasteiger partial charge is 0.125 e. The summed E-state index contributed by atoms with van der Waals surface area (Å²) >= 11 is 5.04. The predicted molar refractivity (Wildman–Crippen MR) is 80.8 cm³/mol. The van der Waals surface area contributed by atoms with Crippen molar-refractivity contribution < 1.29 is 4.39 Å². The lowest BCUT2D eigenvalue weighted by atomic mass is 10.1. The summed E-state index contributed by atoms with van der Waals surface area (Å²) < 4.78 is 13.2. The molecule has 0 atom stereocenters. The summed E-state index contributed by atoms with van der Waals surface area (Å²) in [6.07, 6.45) is 0. The standard InChI is InChI=1S/C15H15FN2S/c1-18(13-7-4-6-12(16)9-13)10-11-5-2-3-8-14(11)15(17)19/h2-9H,10H2,1H3,(H2,17,19). The zero-order valence-electron chi connectivity index (χ0n) is 10.6. The quantitative estimate of drug-likeness (QED) is 0.869. The highest BCUT2D eigenvalue weighted by Crippen LogP contribution is 2.18. The van der Waals surface area contributed by atoms with Crippen molar-refractivity contribution in [3.8, 4) is 0 Å². The van der Waals surface area contributed by atoms with Crippen LogP contribution in [-0.4, -0.2) is 12.0 Å². The Kier molecular flexibility index (Phi) is 4.12. The van der Waals surface area contributed by atoms with Gasteiger partial charge in [-0.2, -0.15) is 0 Å². The Bertz CT molecular complexity index is 598. The summed E-state index contributed by atoms with van der Waals surface area (Å²) in [6.45, 7) is 0.622. The molecule has 0 amide bonds. The SMILES string of the molecule is CN(Cc1ccccc1C(N)=S)c1cccc(F)c1. The molecule has 0 unspecified atom stereocenters. The van der Waals surface area contributed by atoms with E-state index in [0.29, 0.717) is 11.5 Å². The molecular weight excluding hydrogens is 259 g/mol. The van der Waals surface area contributed by atoms with Crippen LogP contribution < -0.4 is 10.6 Å². The molecule has 19 heavy (non-hydrogen) atoms. The van der Waals surface area contributed by atoms with Crippen molar-refractivity contribution in [1.29, 1.82) is 0 Å². The number of rotatable bonds is 4. The minimum Gasteiger partial charge on any atom is -0.389 e. The molecule has 0 radical (unpaired) electrons. The Morgan fingerprint density at radius 3 is 2.63 bits per heavy atom. The van der Waals surface area contributed by atoms with Gasteiger partial charge in [0.15, 0.2) is 0 Å². The van der Waals surface area contributed by atoms with Gasteiger partial charge in [0, 0.05) is 24.8 Å². The molecule has 0 saturated carbocycles. The van der Waals surface area contributed by atoms with Crippen molar-refractivity contribution in [2.75, 3.05) is 11.9 Å². The van der Waals surface area contributed by atoms with E-state index in [1.165, 1.54) is 12.1 Å². The molecular formula is C15H15FN2S. The van der Waals surface area contributed by atoms with Gasteiger partial charge in [0.1, 0.15) is 10.8 Å². The van der Waals surface area contributed by atoms with E-state index in [0.717, 1.165) is 16.8 Å². The van der Waals surface area contributed by atoms with Crippen molar-refractivity contribution in [2.45, 2.75) is 6.54 Å². The Labute approximate surface area is 117 Å².